The van der Waals surface area contributed by atoms with Crippen molar-refractivity contribution in [1.29, 1.82) is 0 Å². The van der Waals surface area contributed by atoms with Gasteiger partial charge in [-0.2, -0.15) is 5.10 Å². The highest BCUT2D eigenvalue weighted by atomic mass is 35.5. The summed E-state index contributed by atoms with van der Waals surface area (Å²) in [4.78, 5) is 11.7. The number of carbonyl (C=O) groups is 1. The molecule has 0 bridgehead atoms. The summed E-state index contributed by atoms with van der Waals surface area (Å²) in [6.45, 7) is 0.135. The maximum Gasteiger partial charge on any atom is 0.246 e. The number of aromatic nitrogens is 2. The Morgan fingerprint density at radius 2 is 2.18 bits per heavy atom. The molecule has 4 nitrogen and oxygen atoms in total. The molecule has 0 atom stereocenters. The van der Waals surface area contributed by atoms with Gasteiger partial charge < -0.3 is 5.32 Å². The van der Waals surface area contributed by atoms with Crippen molar-refractivity contribution in [2.24, 2.45) is 0 Å². The van der Waals surface area contributed by atoms with Gasteiger partial charge in [0.15, 0.2) is 0 Å². The van der Waals surface area contributed by atoms with Gasteiger partial charge in [-0.05, 0) is 18.2 Å². The largest absolute Gasteiger partial charge is 0.323 e. The molecule has 1 N–H and O–H groups in total. The highest BCUT2D eigenvalue weighted by Crippen LogP contribution is 2.29. The second-order valence-corrected chi connectivity index (χ2v) is 4.14. The lowest BCUT2D eigenvalue weighted by molar-refractivity contribution is -0.116. The Labute approximate surface area is 108 Å². The molecule has 0 aliphatic carbocycles. The normalized spacial score (nSPS) is 10.2. The predicted molar refractivity (Wildman–Crippen MR) is 67.3 cm³/mol. The van der Waals surface area contributed by atoms with Gasteiger partial charge in [0.25, 0.3) is 0 Å². The summed E-state index contributed by atoms with van der Waals surface area (Å²) in [5.41, 5.74) is 0.497. The molecule has 1 aromatic heterocycles. The van der Waals surface area contributed by atoms with Crippen molar-refractivity contribution in [2.45, 2.75) is 6.54 Å². The monoisotopic (exact) mass is 269 g/mol. The Hall–Kier alpha value is -1.52. The topological polar surface area (TPSA) is 46.9 Å². The molecule has 0 radical (unpaired) electrons. The minimum absolute atomic E-state index is 0.135. The van der Waals surface area contributed by atoms with Crippen LogP contribution in [0.2, 0.25) is 10.0 Å². The zero-order chi connectivity index (χ0) is 12.3. The summed E-state index contributed by atoms with van der Waals surface area (Å²) in [7, 11) is 0. The van der Waals surface area contributed by atoms with Gasteiger partial charge >= 0.3 is 0 Å². The quantitative estimate of drug-likeness (QED) is 0.932. The molecule has 6 heteroatoms. The lowest BCUT2D eigenvalue weighted by Crippen LogP contribution is -2.19. The molecule has 1 amide bonds. The maximum absolute atomic E-state index is 11.7. The van der Waals surface area contributed by atoms with E-state index in [0.717, 1.165) is 0 Å². The number of halogens is 2. The molecule has 0 aliphatic rings. The molecule has 2 aromatic rings. The van der Waals surface area contributed by atoms with E-state index < -0.39 is 0 Å². The van der Waals surface area contributed by atoms with E-state index in [1.54, 1.807) is 36.7 Å². The molecule has 0 unspecified atom stereocenters. The lowest BCUT2D eigenvalue weighted by Gasteiger charge is -2.08. The third-order valence-electron chi connectivity index (χ3n) is 2.09. The fraction of sp³-hybridized carbons (Fsp3) is 0.0909. The van der Waals surface area contributed by atoms with Crippen molar-refractivity contribution >= 4 is 34.8 Å². The number of nitrogens with zero attached hydrogens (tertiary/aromatic N) is 2. The highest BCUT2D eigenvalue weighted by Gasteiger charge is 2.08. The number of carbonyl (C=O) groups excluding carboxylic acids is 1. The molecule has 0 fully saturated rings. The summed E-state index contributed by atoms with van der Waals surface area (Å²) in [5.74, 6) is -0.210. The third-order valence-corrected chi connectivity index (χ3v) is 2.91. The van der Waals surface area contributed by atoms with Crippen LogP contribution in [0.4, 0.5) is 5.69 Å². The second kappa shape index (κ2) is 5.21. The van der Waals surface area contributed by atoms with E-state index >= 15 is 0 Å². The Morgan fingerprint density at radius 3 is 2.88 bits per heavy atom. The minimum atomic E-state index is -0.210. The van der Waals surface area contributed by atoms with E-state index in [1.165, 1.54) is 4.68 Å². The first-order valence-electron chi connectivity index (χ1n) is 4.88. The van der Waals surface area contributed by atoms with Crippen molar-refractivity contribution in [3.05, 3.63) is 46.7 Å². The van der Waals surface area contributed by atoms with E-state index in [1.807, 2.05) is 0 Å². The van der Waals surface area contributed by atoms with Crippen LogP contribution in [0.25, 0.3) is 0 Å². The summed E-state index contributed by atoms with van der Waals surface area (Å²) in [6, 6.07) is 6.82. The first-order valence-corrected chi connectivity index (χ1v) is 5.63. The molecule has 0 saturated carbocycles. The average molecular weight is 270 g/mol. The minimum Gasteiger partial charge on any atom is -0.323 e. The Kier molecular flexibility index (Phi) is 3.66. The summed E-state index contributed by atoms with van der Waals surface area (Å²) >= 11 is 11.8. The van der Waals surface area contributed by atoms with Gasteiger partial charge in [0, 0.05) is 12.4 Å². The van der Waals surface area contributed by atoms with E-state index in [9.17, 15) is 4.79 Å². The fourth-order valence-corrected chi connectivity index (χ4v) is 1.68. The van der Waals surface area contributed by atoms with Crippen LogP contribution in [-0.4, -0.2) is 15.7 Å². The summed E-state index contributed by atoms with van der Waals surface area (Å²) in [5, 5.41) is 7.35. The number of anilines is 1. The number of hydrogen-bond donors (Lipinski definition) is 1. The first-order chi connectivity index (χ1) is 8.16. The smallest absolute Gasteiger partial charge is 0.246 e. The van der Waals surface area contributed by atoms with Crippen LogP contribution in [0.1, 0.15) is 0 Å². The molecule has 2 rings (SSSR count). The predicted octanol–water partition coefficient (Wildman–Crippen LogP) is 2.83. The van der Waals surface area contributed by atoms with E-state index in [4.69, 9.17) is 23.2 Å². The fourth-order valence-electron chi connectivity index (χ4n) is 1.33. The van der Waals surface area contributed by atoms with E-state index in [-0.39, 0.29) is 12.5 Å². The molecule has 1 heterocycles. The maximum atomic E-state index is 11.7. The number of benzene rings is 1. The van der Waals surface area contributed by atoms with Gasteiger partial charge in [-0.25, -0.2) is 0 Å². The van der Waals surface area contributed by atoms with Crippen LogP contribution in [0, 0.1) is 0 Å². The first kappa shape index (κ1) is 12.0. The molecule has 0 spiro atoms. The molecular formula is C11H9Cl2N3O. The van der Waals surface area contributed by atoms with Gasteiger partial charge in [-0.15, -0.1) is 0 Å². The van der Waals surface area contributed by atoms with Crippen molar-refractivity contribution in [3.63, 3.8) is 0 Å². The Balaban J connectivity index is 2.06. The number of amides is 1. The molecular weight excluding hydrogens is 261 g/mol. The van der Waals surface area contributed by atoms with Crippen molar-refractivity contribution < 1.29 is 4.79 Å². The molecule has 0 saturated heterocycles. The van der Waals surface area contributed by atoms with Crippen LogP contribution in [0.3, 0.4) is 0 Å². The van der Waals surface area contributed by atoms with Crippen LogP contribution in [0.15, 0.2) is 36.7 Å². The van der Waals surface area contributed by atoms with Crippen LogP contribution in [-0.2, 0) is 11.3 Å². The molecule has 17 heavy (non-hydrogen) atoms. The van der Waals surface area contributed by atoms with Crippen molar-refractivity contribution in [1.82, 2.24) is 9.78 Å². The number of rotatable bonds is 3. The van der Waals surface area contributed by atoms with Crippen LogP contribution in [0.5, 0.6) is 0 Å². The number of nitrogens with one attached hydrogen (secondary N) is 1. The zero-order valence-electron chi connectivity index (χ0n) is 8.73. The standard InChI is InChI=1S/C11H9Cl2N3O/c12-8-3-1-4-9(11(8)13)15-10(17)7-16-6-2-5-14-16/h1-6H,7H2,(H,15,17). The molecule has 1 aromatic carbocycles. The van der Waals surface area contributed by atoms with Crippen molar-refractivity contribution in [2.75, 3.05) is 5.32 Å². The van der Waals surface area contributed by atoms with Crippen LogP contribution < -0.4 is 5.32 Å². The SMILES string of the molecule is O=C(Cn1cccn1)Nc1cccc(Cl)c1Cl. The number of hydrogen-bond acceptors (Lipinski definition) is 2. The van der Waals surface area contributed by atoms with Gasteiger partial charge in [0.1, 0.15) is 6.54 Å². The van der Waals surface area contributed by atoms with Crippen molar-refractivity contribution in [3.8, 4) is 0 Å². The van der Waals surface area contributed by atoms with Gasteiger partial charge in [-0.1, -0.05) is 29.3 Å². The lowest BCUT2D eigenvalue weighted by atomic mass is 10.3. The van der Waals surface area contributed by atoms with E-state index in [0.29, 0.717) is 15.7 Å². The molecule has 0 aliphatic heterocycles. The summed E-state index contributed by atoms with van der Waals surface area (Å²) < 4.78 is 1.52. The van der Waals surface area contributed by atoms with Gasteiger partial charge in [0.05, 0.1) is 15.7 Å². The molecule has 88 valence electrons. The average Bonchev–Trinajstić information content (AvgIpc) is 2.77. The Morgan fingerprint density at radius 1 is 1.35 bits per heavy atom. The zero-order valence-corrected chi connectivity index (χ0v) is 10.2. The van der Waals surface area contributed by atoms with Gasteiger partial charge in [-0.3, -0.25) is 9.48 Å². The summed E-state index contributed by atoms with van der Waals surface area (Å²) in [6.07, 6.45) is 3.32. The highest BCUT2D eigenvalue weighted by molar-refractivity contribution is 6.43. The van der Waals surface area contributed by atoms with Gasteiger partial charge in [0.2, 0.25) is 5.91 Å². The third kappa shape index (κ3) is 2.99. The van der Waals surface area contributed by atoms with Crippen LogP contribution >= 0.6 is 23.2 Å². The second-order valence-electron chi connectivity index (χ2n) is 3.35. The van der Waals surface area contributed by atoms with E-state index in [2.05, 4.69) is 10.4 Å². The Bertz CT molecular complexity index is 526.